The fourth-order valence-electron chi connectivity index (χ4n) is 8.49. The second-order valence-electron chi connectivity index (χ2n) is 19.8. The molecule has 0 amide bonds. The molecule has 0 N–H and O–H groups in total. The van der Waals surface area contributed by atoms with Crippen molar-refractivity contribution in [2.75, 3.05) is 0 Å². The van der Waals surface area contributed by atoms with Crippen molar-refractivity contribution in [3.63, 3.8) is 0 Å². The molecule has 10 rings (SSSR count). The summed E-state index contributed by atoms with van der Waals surface area (Å²) in [6.45, 7) is 18.8. The maximum Gasteiger partial charge on any atom is 0.268 e. The van der Waals surface area contributed by atoms with Crippen molar-refractivity contribution >= 4 is 33.0 Å². The fraction of sp³-hybridized carbons (Fsp3) is 0.217. The van der Waals surface area contributed by atoms with Gasteiger partial charge in [-0.1, -0.05) is 164 Å². The Balaban J connectivity index is 0.00000672. The Hall–Kier alpha value is -6.62. The molecule has 0 bridgehead atoms. The largest absolute Gasteiger partial charge is 0.510 e. The number of hydrogen-bond acceptors (Lipinski definition) is 3. The topological polar surface area (TPSA) is 48.8 Å². The molecule has 0 radical (unpaired) electrons. The summed E-state index contributed by atoms with van der Waals surface area (Å²) < 4.78 is 74.7. The fourth-order valence-corrected chi connectivity index (χ4v) is 8.49. The van der Waals surface area contributed by atoms with Crippen LogP contribution in [0.4, 0.5) is 0 Å². The monoisotopic (exact) mass is 1060 g/mol. The molecular weight excluding hydrogens is 1000 g/mol. The van der Waals surface area contributed by atoms with E-state index in [9.17, 15) is 2.74 Å². The Labute approximate surface area is 419 Å². The van der Waals surface area contributed by atoms with Crippen LogP contribution in [0.25, 0.3) is 72.4 Å². The van der Waals surface area contributed by atoms with Crippen LogP contribution in [0.3, 0.4) is 0 Å². The van der Waals surface area contributed by atoms with Crippen molar-refractivity contribution in [2.45, 2.75) is 79.5 Å². The van der Waals surface area contributed by atoms with Gasteiger partial charge < -0.3 is 13.9 Å². The van der Waals surface area contributed by atoms with Gasteiger partial charge in [0.15, 0.2) is 0 Å². The third-order valence-electron chi connectivity index (χ3n) is 11.7. The summed E-state index contributed by atoms with van der Waals surface area (Å²) in [5.74, 6) is 1.34. The van der Waals surface area contributed by atoms with E-state index in [1.54, 1.807) is 24.5 Å². The van der Waals surface area contributed by atoms with E-state index in [0.717, 1.165) is 49.7 Å². The van der Waals surface area contributed by atoms with Gasteiger partial charge in [0.1, 0.15) is 5.82 Å². The molecule has 0 saturated heterocycles. The molecule has 6 aromatic carbocycles. The van der Waals surface area contributed by atoms with Crippen LogP contribution in [-0.4, -0.2) is 19.1 Å². The molecule has 0 spiro atoms. The summed E-state index contributed by atoms with van der Waals surface area (Å²) in [4.78, 5) is 9.45. The first-order valence-corrected chi connectivity index (χ1v) is 22.2. The maximum absolute atomic E-state index is 9.20. The Morgan fingerprint density at radius 3 is 2.07 bits per heavy atom. The smallest absolute Gasteiger partial charge is 0.268 e. The van der Waals surface area contributed by atoms with E-state index in [2.05, 4.69) is 78.2 Å². The summed E-state index contributed by atoms with van der Waals surface area (Å²) >= 11 is 0. The third-order valence-corrected chi connectivity index (χ3v) is 11.7. The molecule has 4 aromatic heterocycles. The minimum Gasteiger partial charge on any atom is -0.510 e. The standard InChI is InChI=1S/C60H55N5O.Pt/c1-58(2,3)38-40-29-31-61-55(32-40)65-53-26-17-30-62-56(53)50-28-27-47(37-54(50)65)66-46-21-15-20-45(36-46)63-39-64(52-25-14-13-24-51(52)63)57-48(41-18-11-10-12-19-41)22-16-23-49(57)42-33-43(59(4,5)6)35-44(34-42)60(7,8)9;/h10-35H,38H2,1-9H3;/q-2;/i10D,11D,12D,18D,19D,38D2;. The zero-order chi connectivity index (χ0) is 52.1. The van der Waals surface area contributed by atoms with Gasteiger partial charge in [0.25, 0.3) is 6.33 Å². The third kappa shape index (κ3) is 9.00. The first kappa shape index (κ1) is 37.5. The molecule has 338 valence electrons. The Bertz CT molecular complexity index is 3780. The minimum absolute atomic E-state index is 0. The van der Waals surface area contributed by atoms with E-state index in [1.807, 2.05) is 119 Å². The number of para-hydroxylation sites is 3. The Morgan fingerprint density at radius 2 is 1.34 bits per heavy atom. The SMILES string of the molecule is [2H]c1c([2H])c([2H])c(-c2cccc(-c3cc(C(C)(C)C)cc(C(C)(C)C)c3)c2-[n+]2[c-]n(-c3[c-]c(Oc4[c-]c5c(cc4)c4ncccc4n5-c4cc(C([2H])([2H])C(C)(C)C)ccn4)ccc3)c3ccccc32)c([2H])c1[2H].[Pt]. The second kappa shape index (κ2) is 17.6. The van der Waals surface area contributed by atoms with Crippen molar-refractivity contribution in [1.82, 2.24) is 19.1 Å². The number of nitrogens with zero attached hydrogens (tertiary/aromatic N) is 5. The summed E-state index contributed by atoms with van der Waals surface area (Å²) in [6, 6.07) is 42.0. The van der Waals surface area contributed by atoms with Gasteiger partial charge in [0, 0.05) is 53.2 Å². The van der Waals surface area contributed by atoms with Crippen molar-refractivity contribution in [3.8, 4) is 50.9 Å². The Kier molecular flexibility index (Phi) is 9.81. The van der Waals surface area contributed by atoms with Crippen LogP contribution < -0.4 is 9.30 Å². The van der Waals surface area contributed by atoms with Crippen LogP contribution in [0.15, 0.2) is 158 Å². The summed E-state index contributed by atoms with van der Waals surface area (Å²) in [5.41, 5.74) is 8.86. The van der Waals surface area contributed by atoms with Crippen molar-refractivity contribution in [1.29, 1.82) is 0 Å². The number of fused-ring (bicyclic) bond motifs is 4. The molecule has 0 atom stereocenters. The summed E-state index contributed by atoms with van der Waals surface area (Å²) in [5, 5.41) is 0.827. The summed E-state index contributed by atoms with van der Waals surface area (Å²) in [6.07, 6.45) is 5.37. The van der Waals surface area contributed by atoms with Crippen molar-refractivity contribution in [2.24, 2.45) is 5.41 Å². The Morgan fingerprint density at radius 1 is 0.657 bits per heavy atom. The van der Waals surface area contributed by atoms with E-state index in [1.165, 1.54) is 0 Å². The number of ether oxygens (including phenoxy) is 1. The average molecular weight is 1060 g/mol. The van der Waals surface area contributed by atoms with Gasteiger partial charge in [0.05, 0.1) is 29.1 Å². The van der Waals surface area contributed by atoms with Gasteiger partial charge in [-0.25, -0.2) is 4.98 Å². The summed E-state index contributed by atoms with van der Waals surface area (Å²) in [7, 11) is 0. The number of benzene rings is 6. The second-order valence-corrected chi connectivity index (χ2v) is 19.8. The minimum atomic E-state index is -1.65. The van der Waals surface area contributed by atoms with Crippen LogP contribution in [0.5, 0.6) is 11.5 Å². The molecule has 67 heavy (non-hydrogen) atoms. The van der Waals surface area contributed by atoms with Crippen LogP contribution in [0, 0.1) is 23.9 Å². The quantitative estimate of drug-likeness (QED) is 0.113. The van der Waals surface area contributed by atoms with Crippen LogP contribution in [-0.2, 0) is 38.3 Å². The van der Waals surface area contributed by atoms with E-state index < -0.39 is 29.9 Å². The van der Waals surface area contributed by atoms with Crippen LogP contribution in [0.1, 0.15) is 88.6 Å². The van der Waals surface area contributed by atoms with Crippen LogP contribution in [0.2, 0.25) is 0 Å². The van der Waals surface area contributed by atoms with E-state index >= 15 is 0 Å². The number of imidazole rings is 1. The van der Waals surface area contributed by atoms with Gasteiger partial charge in [-0.15, -0.1) is 24.3 Å². The molecule has 0 unspecified atom stereocenters. The molecule has 10 aromatic rings. The van der Waals surface area contributed by atoms with Gasteiger partial charge in [-0.05, 0) is 91.5 Å². The van der Waals surface area contributed by atoms with E-state index in [4.69, 9.17) is 21.6 Å². The maximum atomic E-state index is 9.20. The molecule has 7 heteroatoms. The zero-order valence-electron chi connectivity index (χ0n) is 46.1. The number of aromatic nitrogens is 5. The first-order valence-electron chi connectivity index (χ1n) is 25.7. The van der Waals surface area contributed by atoms with Crippen LogP contribution >= 0.6 is 0 Å². The molecule has 0 aliphatic heterocycles. The zero-order valence-corrected chi connectivity index (χ0v) is 41.4. The molecular formula is C60H55N5OPt-2. The van der Waals surface area contributed by atoms with Gasteiger partial charge in [0.2, 0.25) is 0 Å². The number of pyridine rings is 2. The first-order chi connectivity index (χ1) is 34.4. The molecule has 0 aliphatic carbocycles. The number of rotatable bonds is 8. The average Bonchev–Trinajstić information content (AvgIpc) is 3.90. The molecule has 0 fully saturated rings. The molecule has 0 aliphatic rings. The van der Waals surface area contributed by atoms with E-state index in [-0.39, 0.29) is 49.5 Å². The molecule has 0 saturated carbocycles. The van der Waals surface area contributed by atoms with Gasteiger partial charge >= 0.3 is 0 Å². The normalized spacial score (nSPS) is 13.9. The van der Waals surface area contributed by atoms with Gasteiger partial charge in [-0.2, -0.15) is 18.2 Å². The van der Waals surface area contributed by atoms with Crippen molar-refractivity contribution in [3.05, 3.63) is 193 Å². The predicted octanol–water partition coefficient (Wildman–Crippen LogP) is 14.5. The predicted molar refractivity (Wildman–Crippen MR) is 269 cm³/mol. The van der Waals surface area contributed by atoms with E-state index in [0.29, 0.717) is 45.3 Å². The van der Waals surface area contributed by atoms with Gasteiger partial charge in [-0.3, -0.25) is 9.55 Å². The van der Waals surface area contributed by atoms with Crippen molar-refractivity contribution < 1.29 is 40.0 Å². The number of hydrogen-bond donors (Lipinski definition) is 0. The molecule has 4 heterocycles. The molecule has 6 nitrogen and oxygen atoms in total.